The van der Waals surface area contributed by atoms with E-state index in [0.717, 1.165) is 0 Å². The molecule has 2 aromatic rings. The number of carbonyl (C=O) groups is 1. The van der Waals surface area contributed by atoms with Crippen molar-refractivity contribution in [2.75, 3.05) is 5.32 Å². The monoisotopic (exact) mass is 250 g/mol. The van der Waals surface area contributed by atoms with E-state index in [1.54, 1.807) is 18.2 Å². The van der Waals surface area contributed by atoms with Crippen LogP contribution in [0.4, 0.5) is 5.82 Å². The van der Waals surface area contributed by atoms with Gasteiger partial charge in [0.25, 0.3) is 0 Å². The largest absolute Gasteiger partial charge is 0.548 e. The van der Waals surface area contributed by atoms with Gasteiger partial charge in [0.1, 0.15) is 12.1 Å². The molecule has 1 heterocycles. The Morgan fingerprint density at radius 3 is 2.94 bits per heavy atom. The van der Waals surface area contributed by atoms with Crippen LogP contribution in [0.5, 0.6) is 0 Å². The number of nitrogens with zero attached hydrogens (tertiary/aromatic N) is 2. The van der Waals surface area contributed by atoms with Crippen LogP contribution in [-0.4, -0.2) is 22.0 Å². The molecule has 0 aliphatic heterocycles. The Labute approximate surface area is 102 Å². The fraction of sp³-hybridized carbons (Fsp3) is 0.182. The van der Waals surface area contributed by atoms with Crippen molar-refractivity contribution in [3.63, 3.8) is 0 Å². The van der Waals surface area contributed by atoms with E-state index in [4.69, 9.17) is 11.6 Å². The van der Waals surface area contributed by atoms with E-state index >= 15 is 0 Å². The first-order chi connectivity index (χ1) is 8.08. The molecular weight excluding hydrogens is 242 g/mol. The van der Waals surface area contributed by atoms with Gasteiger partial charge in [-0.25, -0.2) is 9.97 Å². The summed E-state index contributed by atoms with van der Waals surface area (Å²) in [5.74, 6) is -0.742. The van der Waals surface area contributed by atoms with Gasteiger partial charge in [-0.1, -0.05) is 11.6 Å². The summed E-state index contributed by atoms with van der Waals surface area (Å²) in [6, 6.07) is 4.29. The summed E-state index contributed by atoms with van der Waals surface area (Å²) in [5, 5.41) is 14.7. The number of rotatable bonds is 3. The van der Waals surface area contributed by atoms with Crippen molar-refractivity contribution in [3.05, 3.63) is 29.5 Å². The van der Waals surface area contributed by atoms with Crippen molar-refractivity contribution in [1.29, 1.82) is 0 Å². The SMILES string of the molecule is C[C@H](Nc1ncnc2cc(Cl)ccc12)C(=O)[O-]. The molecule has 1 atom stereocenters. The molecule has 1 aromatic carbocycles. The molecule has 0 saturated carbocycles. The average Bonchev–Trinajstić information content (AvgIpc) is 2.28. The average molecular weight is 251 g/mol. The number of aliphatic carboxylic acids is 1. The van der Waals surface area contributed by atoms with Crippen LogP contribution in [0.15, 0.2) is 24.5 Å². The number of halogens is 1. The zero-order valence-corrected chi connectivity index (χ0v) is 9.73. The summed E-state index contributed by atoms with van der Waals surface area (Å²) in [4.78, 5) is 18.7. The Bertz CT molecular complexity index is 574. The van der Waals surface area contributed by atoms with E-state index < -0.39 is 12.0 Å². The van der Waals surface area contributed by atoms with Gasteiger partial charge in [-0.3, -0.25) is 0 Å². The molecule has 88 valence electrons. The first-order valence-corrected chi connectivity index (χ1v) is 5.33. The van der Waals surface area contributed by atoms with Crippen molar-refractivity contribution in [2.24, 2.45) is 0 Å². The third-order valence-corrected chi connectivity index (χ3v) is 2.54. The molecular formula is C11H9ClN3O2-. The van der Waals surface area contributed by atoms with E-state index in [9.17, 15) is 9.90 Å². The molecule has 6 heteroatoms. The highest BCUT2D eigenvalue weighted by molar-refractivity contribution is 6.31. The number of carbonyl (C=O) groups excluding carboxylic acids is 1. The first-order valence-electron chi connectivity index (χ1n) is 4.95. The Morgan fingerprint density at radius 2 is 2.24 bits per heavy atom. The predicted octanol–water partition coefficient (Wildman–Crippen LogP) is 0.833. The van der Waals surface area contributed by atoms with E-state index in [0.29, 0.717) is 21.7 Å². The lowest BCUT2D eigenvalue weighted by Crippen LogP contribution is -2.38. The highest BCUT2D eigenvalue weighted by Gasteiger charge is 2.08. The number of fused-ring (bicyclic) bond motifs is 1. The van der Waals surface area contributed by atoms with Gasteiger partial charge in [0.2, 0.25) is 0 Å². The lowest BCUT2D eigenvalue weighted by Gasteiger charge is -2.16. The zero-order valence-electron chi connectivity index (χ0n) is 8.98. The second-order valence-corrected chi connectivity index (χ2v) is 4.01. The molecule has 1 aromatic heterocycles. The van der Waals surface area contributed by atoms with Crippen LogP contribution >= 0.6 is 11.6 Å². The highest BCUT2D eigenvalue weighted by atomic mass is 35.5. The van der Waals surface area contributed by atoms with E-state index in [1.165, 1.54) is 13.3 Å². The number of carboxylic acid groups (broad SMARTS) is 1. The topological polar surface area (TPSA) is 77.9 Å². The molecule has 0 amide bonds. The molecule has 0 fully saturated rings. The lowest BCUT2D eigenvalue weighted by molar-refractivity contribution is -0.306. The third-order valence-electron chi connectivity index (χ3n) is 2.31. The number of hydrogen-bond acceptors (Lipinski definition) is 5. The summed E-state index contributed by atoms with van der Waals surface area (Å²) >= 11 is 5.84. The van der Waals surface area contributed by atoms with Gasteiger partial charge in [-0.05, 0) is 25.1 Å². The molecule has 0 aliphatic rings. The summed E-state index contributed by atoms with van der Waals surface area (Å²) in [7, 11) is 0. The number of aromatic nitrogens is 2. The van der Waals surface area contributed by atoms with Crippen molar-refractivity contribution in [3.8, 4) is 0 Å². The zero-order chi connectivity index (χ0) is 12.4. The minimum Gasteiger partial charge on any atom is -0.548 e. The van der Waals surface area contributed by atoms with Gasteiger partial charge in [0.05, 0.1) is 17.5 Å². The quantitative estimate of drug-likeness (QED) is 0.873. The summed E-state index contributed by atoms with van der Waals surface area (Å²) in [6.07, 6.45) is 1.35. The summed E-state index contributed by atoms with van der Waals surface area (Å²) in [5.41, 5.74) is 0.653. The highest BCUT2D eigenvalue weighted by Crippen LogP contribution is 2.22. The van der Waals surface area contributed by atoms with Gasteiger partial charge in [-0.2, -0.15) is 0 Å². The smallest absolute Gasteiger partial charge is 0.137 e. The summed E-state index contributed by atoms with van der Waals surface area (Å²) in [6.45, 7) is 1.49. The van der Waals surface area contributed by atoms with Gasteiger partial charge in [0, 0.05) is 10.4 Å². The van der Waals surface area contributed by atoms with Crippen LogP contribution in [0.3, 0.4) is 0 Å². The van der Waals surface area contributed by atoms with Gasteiger partial charge >= 0.3 is 0 Å². The molecule has 17 heavy (non-hydrogen) atoms. The molecule has 0 bridgehead atoms. The fourth-order valence-electron chi connectivity index (χ4n) is 1.41. The van der Waals surface area contributed by atoms with E-state index in [1.807, 2.05) is 0 Å². The molecule has 1 N–H and O–H groups in total. The van der Waals surface area contributed by atoms with Crippen LogP contribution < -0.4 is 10.4 Å². The van der Waals surface area contributed by atoms with Crippen molar-refractivity contribution >= 4 is 34.3 Å². The van der Waals surface area contributed by atoms with Gasteiger partial charge in [0.15, 0.2) is 0 Å². The maximum atomic E-state index is 10.7. The van der Waals surface area contributed by atoms with Crippen LogP contribution in [0.25, 0.3) is 10.9 Å². The summed E-state index contributed by atoms with van der Waals surface area (Å²) < 4.78 is 0. The van der Waals surface area contributed by atoms with Crippen molar-refractivity contribution in [2.45, 2.75) is 13.0 Å². The minimum absolute atomic E-state index is 0.448. The first kappa shape index (κ1) is 11.6. The molecule has 0 unspecified atom stereocenters. The second kappa shape index (κ2) is 4.55. The van der Waals surface area contributed by atoms with Crippen molar-refractivity contribution < 1.29 is 9.90 Å². The molecule has 0 radical (unpaired) electrons. The van der Waals surface area contributed by atoms with E-state index in [-0.39, 0.29) is 0 Å². The van der Waals surface area contributed by atoms with Gasteiger partial charge < -0.3 is 15.2 Å². The maximum absolute atomic E-state index is 10.7. The van der Waals surface area contributed by atoms with Crippen LogP contribution in [-0.2, 0) is 4.79 Å². The normalized spacial score (nSPS) is 12.4. The third kappa shape index (κ3) is 2.45. The maximum Gasteiger partial charge on any atom is 0.137 e. The molecule has 0 aliphatic carbocycles. The predicted molar refractivity (Wildman–Crippen MR) is 62.6 cm³/mol. The number of hydrogen-bond donors (Lipinski definition) is 1. The van der Waals surface area contributed by atoms with Crippen LogP contribution in [0, 0.1) is 0 Å². The second-order valence-electron chi connectivity index (χ2n) is 3.57. The Balaban J connectivity index is 2.44. The van der Waals surface area contributed by atoms with Crippen LogP contribution in [0.2, 0.25) is 5.02 Å². The Kier molecular flexibility index (Phi) is 3.10. The van der Waals surface area contributed by atoms with Crippen molar-refractivity contribution in [1.82, 2.24) is 9.97 Å². The number of nitrogens with one attached hydrogen (secondary N) is 1. The number of anilines is 1. The van der Waals surface area contributed by atoms with Crippen LogP contribution in [0.1, 0.15) is 6.92 Å². The molecule has 0 spiro atoms. The standard InChI is InChI=1S/C11H10ClN3O2/c1-6(11(16)17)15-10-8-3-2-7(12)4-9(8)13-5-14-10/h2-6H,1H3,(H,16,17)(H,13,14,15)/p-1/t6-/m0/s1. The fourth-order valence-corrected chi connectivity index (χ4v) is 1.58. The Hall–Kier alpha value is -1.88. The number of benzene rings is 1. The Morgan fingerprint density at radius 1 is 1.47 bits per heavy atom. The molecule has 5 nitrogen and oxygen atoms in total. The van der Waals surface area contributed by atoms with Gasteiger partial charge in [-0.15, -0.1) is 0 Å². The van der Waals surface area contributed by atoms with E-state index in [2.05, 4.69) is 15.3 Å². The minimum atomic E-state index is -1.19. The number of carboxylic acids is 1. The molecule has 2 rings (SSSR count). The molecule has 0 saturated heterocycles. The lowest BCUT2D eigenvalue weighted by atomic mass is 10.2.